The van der Waals surface area contributed by atoms with Gasteiger partial charge in [-0.3, -0.25) is 9.78 Å². The lowest BCUT2D eigenvalue weighted by atomic mass is 10.1. The molecule has 0 atom stereocenters. The first-order valence-electron chi connectivity index (χ1n) is 4.17. The Hall–Kier alpha value is -0.650. The van der Waals surface area contributed by atoms with E-state index in [9.17, 15) is 4.79 Å². The Labute approximate surface area is 102 Å². The van der Waals surface area contributed by atoms with Crippen LogP contribution >= 0.6 is 24.0 Å². The normalized spacial score (nSPS) is 9.14. The van der Waals surface area contributed by atoms with Gasteiger partial charge in [0.05, 0.1) is 11.3 Å². The van der Waals surface area contributed by atoms with Crippen LogP contribution in [0.2, 0.25) is 0 Å². The van der Waals surface area contributed by atoms with Crippen LogP contribution < -0.4 is 4.90 Å². The van der Waals surface area contributed by atoms with E-state index in [1.54, 1.807) is 13.1 Å². The number of ketones is 1. The van der Waals surface area contributed by atoms with Gasteiger partial charge >= 0.3 is 0 Å². The first-order chi connectivity index (χ1) is 6.02. The van der Waals surface area contributed by atoms with E-state index in [1.165, 1.54) is 0 Å². The summed E-state index contributed by atoms with van der Waals surface area (Å²) < 4.78 is 0. The zero-order valence-electron chi connectivity index (χ0n) is 8.87. The maximum atomic E-state index is 11.2. The number of pyridine rings is 1. The van der Waals surface area contributed by atoms with E-state index in [-0.39, 0.29) is 29.8 Å². The second kappa shape index (κ2) is 5.29. The van der Waals surface area contributed by atoms with Crippen molar-refractivity contribution in [2.45, 2.75) is 13.8 Å². The minimum absolute atomic E-state index is 0. The highest BCUT2D eigenvalue weighted by molar-refractivity contribution is 14.0. The number of rotatable bonds is 2. The van der Waals surface area contributed by atoms with Gasteiger partial charge in [0, 0.05) is 26.0 Å². The fraction of sp³-hybridized carbons (Fsp3) is 0.400. The number of anilines is 1. The third kappa shape index (κ3) is 2.94. The van der Waals surface area contributed by atoms with Gasteiger partial charge in [0.15, 0.2) is 5.78 Å². The summed E-state index contributed by atoms with van der Waals surface area (Å²) in [4.78, 5) is 17.2. The molecule has 1 aromatic heterocycles. The van der Waals surface area contributed by atoms with Crippen molar-refractivity contribution >= 4 is 35.4 Å². The van der Waals surface area contributed by atoms with E-state index < -0.39 is 0 Å². The van der Waals surface area contributed by atoms with Crippen LogP contribution in [0.5, 0.6) is 0 Å². The number of nitrogens with zero attached hydrogens (tertiary/aromatic N) is 2. The molecule has 0 saturated heterocycles. The molecule has 0 spiro atoms. The van der Waals surface area contributed by atoms with Gasteiger partial charge in [0.1, 0.15) is 0 Å². The van der Waals surface area contributed by atoms with Crippen LogP contribution in [0.15, 0.2) is 12.3 Å². The van der Waals surface area contributed by atoms with Gasteiger partial charge in [-0.25, -0.2) is 0 Å². The Morgan fingerprint density at radius 3 is 2.43 bits per heavy atom. The van der Waals surface area contributed by atoms with Crippen LogP contribution in [-0.4, -0.2) is 24.9 Å². The first kappa shape index (κ1) is 13.4. The van der Waals surface area contributed by atoms with Crippen LogP contribution in [0.3, 0.4) is 0 Å². The summed E-state index contributed by atoms with van der Waals surface area (Å²) in [6.45, 7) is 3.47. The van der Waals surface area contributed by atoms with Crippen molar-refractivity contribution in [3.63, 3.8) is 0 Å². The molecule has 0 aromatic carbocycles. The summed E-state index contributed by atoms with van der Waals surface area (Å²) in [5.74, 6) is 0.0520. The molecule has 0 aliphatic carbocycles. The molecule has 3 nitrogen and oxygen atoms in total. The molecule has 0 aliphatic heterocycles. The van der Waals surface area contributed by atoms with E-state index in [4.69, 9.17) is 0 Å². The lowest BCUT2D eigenvalue weighted by molar-refractivity contribution is 0.101. The molecule has 1 rings (SSSR count). The van der Waals surface area contributed by atoms with E-state index in [0.717, 1.165) is 11.4 Å². The van der Waals surface area contributed by atoms with E-state index in [1.807, 2.05) is 32.0 Å². The highest BCUT2D eigenvalue weighted by Gasteiger charge is 2.09. The fourth-order valence-corrected chi connectivity index (χ4v) is 1.19. The molecule has 0 unspecified atom stereocenters. The van der Waals surface area contributed by atoms with Crippen molar-refractivity contribution in [2.24, 2.45) is 0 Å². The summed E-state index contributed by atoms with van der Waals surface area (Å²) in [7, 11) is 3.84. The average molecular weight is 306 g/mol. The summed E-state index contributed by atoms with van der Waals surface area (Å²) in [5, 5.41) is 0. The molecule has 0 N–H and O–H groups in total. The summed E-state index contributed by atoms with van der Waals surface area (Å²) >= 11 is 0. The van der Waals surface area contributed by atoms with Crippen LogP contribution in [0, 0.1) is 6.92 Å². The number of hydrogen-bond donors (Lipinski definition) is 0. The third-order valence-corrected chi connectivity index (χ3v) is 1.88. The predicted molar refractivity (Wildman–Crippen MR) is 68.7 cm³/mol. The molecule has 0 bridgehead atoms. The van der Waals surface area contributed by atoms with Gasteiger partial charge < -0.3 is 4.90 Å². The van der Waals surface area contributed by atoms with Crippen molar-refractivity contribution in [1.29, 1.82) is 0 Å². The Balaban J connectivity index is 0.00000169. The molecule has 0 radical (unpaired) electrons. The highest BCUT2D eigenvalue weighted by Crippen LogP contribution is 2.18. The number of Topliss-reactive ketones (excluding diaryl/α,β-unsaturated/α-hetero) is 1. The Kier molecular flexibility index (Phi) is 5.04. The van der Waals surface area contributed by atoms with Crippen LogP contribution in [-0.2, 0) is 0 Å². The summed E-state index contributed by atoms with van der Waals surface area (Å²) in [6, 6.07) is 1.91. The quantitative estimate of drug-likeness (QED) is 0.621. The van der Waals surface area contributed by atoms with E-state index in [2.05, 4.69) is 4.98 Å². The minimum atomic E-state index is 0. The molecule has 4 heteroatoms. The number of aromatic nitrogens is 1. The lowest BCUT2D eigenvalue weighted by Gasteiger charge is -2.15. The van der Waals surface area contributed by atoms with Crippen molar-refractivity contribution in [2.75, 3.05) is 19.0 Å². The monoisotopic (exact) mass is 306 g/mol. The van der Waals surface area contributed by atoms with Gasteiger partial charge in [0.2, 0.25) is 0 Å². The standard InChI is InChI=1S/C10H14N2O.HI/c1-7-5-10(12(3)4)9(6-11-7)8(2)13;/h5-6H,1-4H3;1H. The largest absolute Gasteiger partial charge is 0.377 e. The van der Waals surface area contributed by atoms with Crippen LogP contribution in [0.25, 0.3) is 0 Å². The predicted octanol–water partition coefficient (Wildman–Crippen LogP) is 2.28. The van der Waals surface area contributed by atoms with Crippen molar-refractivity contribution < 1.29 is 4.79 Å². The van der Waals surface area contributed by atoms with Crippen molar-refractivity contribution in [3.05, 3.63) is 23.5 Å². The molecular formula is C10H15IN2O. The first-order valence-corrected chi connectivity index (χ1v) is 4.17. The number of aryl methyl sites for hydroxylation is 1. The number of carbonyl (C=O) groups is 1. The van der Waals surface area contributed by atoms with E-state index in [0.29, 0.717) is 5.56 Å². The van der Waals surface area contributed by atoms with Crippen molar-refractivity contribution in [3.8, 4) is 0 Å². The Morgan fingerprint density at radius 1 is 1.43 bits per heavy atom. The lowest BCUT2D eigenvalue weighted by Crippen LogP contribution is -2.13. The van der Waals surface area contributed by atoms with Gasteiger partial charge in [0.25, 0.3) is 0 Å². The van der Waals surface area contributed by atoms with Gasteiger partial charge in [-0.15, -0.1) is 24.0 Å². The molecule has 14 heavy (non-hydrogen) atoms. The zero-order chi connectivity index (χ0) is 10.0. The Morgan fingerprint density at radius 2 is 2.00 bits per heavy atom. The second-order valence-corrected chi connectivity index (χ2v) is 3.29. The van der Waals surface area contributed by atoms with Gasteiger partial charge in [-0.1, -0.05) is 0 Å². The molecule has 0 amide bonds. The van der Waals surface area contributed by atoms with Crippen molar-refractivity contribution in [1.82, 2.24) is 4.98 Å². The molecule has 0 fully saturated rings. The average Bonchev–Trinajstić information content (AvgIpc) is 2.03. The molecule has 1 aromatic rings. The number of carbonyl (C=O) groups excluding carboxylic acids is 1. The number of halogens is 1. The summed E-state index contributed by atoms with van der Waals surface area (Å²) in [5.41, 5.74) is 2.53. The molecule has 1 heterocycles. The second-order valence-electron chi connectivity index (χ2n) is 3.29. The third-order valence-electron chi connectivity index (χ3n) is 1.88. The molecular weight excluding hydrogens is 291 g/mol. The fourth-order valence-electron chi connectivity index (χ4n) is 1.19. The Bertz CT molecular complexity index is 337. The van der Waals surface area contributed by atoms with Gasteiger partial charge in [-0.05, 0) is 19.9 Å². The minimum Gasteiger partial charge on any atom is -0.377 e. The van der Waals surface area contributed by atoms with Crippen LogP contribution in [0.1, 0.15) is 23.0 Å². The topological polar surface area (TPSA) is 33.2 Å². The van der Waals surface area contributed by atoms with E-state index >= 15 is 0 Å². The number of hydrogen-bond acceptors (Lipinski definition) is 3. The maximum absolute atomic E-state index is 11.2. The maximum Gasteiger partial charge on any atom is 0.163 e. The molecule has 78 valence electrons. The highest BCUT2D eigenvalue weighted by atomic mass is 127. The molecule has 0 saturated carbocycles. The zero-order valence-corrected chi connectivity index (χ0v) is 11.2. The van der Waals surface area contributed by atoms with Gasteiger partial charge in [-0.2, -0.15) is 0 Å². The summed E-state index contributed by atoms with van der Waals surface area (Å²) in [6.07, 6.45) is 1.63. The molecule has 0 aliphatic rings. The SMILES string of the molecule is CC(=O)c1cnc(C)cc1N(C)C.I. The van der Waals surface area contributed by atoms with Crippen LogP contribution in [0.4, 0.5) is 5.69 Å². The smallest absolute Gasteiger partial charge is 0.163 e.